The van der Waals surface area contributed by atoms with E-state index in [1.54, 1.807) is 11.3 Å². The van der Waals surface area contributed by atoms with Gasteiger partial charge in [0.25, 0.3) is 0 Å². The molecule has 0 spiro atoms. The number of aryl methyl sites for hydroxylation is 1. The molecule has 0 radical (unpaired) electrons. The van der Waals surface area contributed by atoms with Gasteiger partial charge in [-0.25, -0.2) is 4.98 Å². The molecule has 3 rings (SSSR count). The van der Waals surface area contributed by atoms with Crippen molar-refractivity contribution < 1.29 is 0 Å². The number of hydrogen-bond donors (Lipinski definition) is 0. The molecule has 0 saturated carbocycles. The Bertz CT molecular complexity index is 582. The topological polar surface area (TPSA) is 19.4 Å². The molecule has 1 fully saturated rings. The van der Waals surface area contributed by atoms with Crippen molar-refractivity contribution in [2.75, 3.05) is 27.2 Å². The van der Waals surface area contributed by atoms with Crippen molar-refractivity contribution in [2.24, 2.45) is 0 Å². The molecule has 1 aliphatic heterocycles. The zero-order valence-electron chi connectivity index (χ0n) is 13.0. The van der Waals surface area contributed by atoms with E-state index in [4.69, 9.17) is 0 Å². The first-order valence-corrected chi connectivity index (χ1v) is 8.40. The third kappa shape index (κ3) is 3.34. The van der Waals surface area contributed by atoms with Crippen LogP contribution in [0.1, 0.15) is 17.4 Å². The zero-order valence-corrected chi connectivity index (χ0v) is 13.9. The van der Waals surface area contributed by atoms with E-state index in [0.29, 0.717) is 0 Å². The lowest BCUT2D eigenvalue weighted by atomic mass is 10.1. The fraction of sp³-hybridized carbons (Fsp3) is 0.471. The molecule has 2 heterocycles. The minimum atomic E-state index is 0.729. The van der Waals surface area contributed by atoms with Gasteiger partial charge < -0.3 is 4.90 Å². The van der Waals surface area contributed by atoms with Crippen molar-refractivity contribution in [1.29, 1.82) is 0 Å². The van der Waals surface area contributed by atoms with Crippen LogP contribution in [0.2, 0.25) is 0 Å². The minimum Gasteiger partial charge on any atom is -0.304 e. The predicted molar refractivity (Wildman–Crippen MR) is 89.7 cm³/mol. The average molecular weight is 301 g/mol. The Kier molecular flexibility index (Phi) is 4.38. The lowest BCUT2D eigenvalue weighted by molar-refractivity contribution is 0.0574. The van der Waals surface area contributed by atoms with E-state index in [1.165, 1.54) is 29.1 Å². The number of hydrogen-bond acceptors (Lipinski definition) is 4. The summed E-state index contributed by atoms with van der Waals surface area (Å²) in [4.78, 5) is 10.7. The lowest BCUT2D eigenvalue weighted by Gasteiger charge is -2.42. The number of aromatic nitrogens is 1. The van der Waals surface area contributed by atoms with Crippen molar-refractivity contribution in [2.45, 2.75) is 25.9 Å². The van der Waals surface area contributed by atoms with Crippen molar-refractivity contribution in [3.8, 4) is 10.6 Å². The Morgan fingerprint density at radius 2 is 1.95 bits per heavy atom. The maximum Gasteiger partial charge on any atom is 0.123 e. The van der Waals surface area contributed by atoms with Crippen LogP contribution in [0.25, 0.3) is 10.6 Å². The SMILES string of the molecule is CCc1cnc(-c2ccc(CN3CC(N(C)C)C3)cc2)s1. The van der Waals surface area contributed by atoms with Gasteiger partial charge in [-0.1, -0.05) is 31.2 Å². The molecule has 112 valence electrons. The highest BCUT2D eigenvalue weighted by Gasteiger charge is 2.27. The van der Waals surface area contributed by atoms with E-state index in [0.717, 1.165) is 24.0 Å². The summed E-state index contributed by atoms with van der Waals surface area (Å²) in [6.45, 7) is 5.60. The third-order valence-corrected chi connectivity index (χ3v) is 5.37. The van der Waals surface area contributed by atoms with Gasteiger partial charge in [0.05, 0.1) is 0 Å². The maximum atomic E-state index is 4.51. The summed E-state index contributed by atoms with van der Waals surface area (Å²) in [6.07, 6.45) is 3.06. The maximum absolute atomic E-state index is 4.51. The first-order valence-electron chi connectivity index (χ1n) is 7.58. The molecule has 1 aliphatic rings. The molecule has 0 N–H and O–H groups in total. The van der Waals surface area contributed by atoms with Crippen LogP contribution in [0.5, 0.6) is 0 Å². The van der Waals surface area contributed by atoms with Crippen LogP contribution >= 0.6 is 11.3 Å². The van der Waals surface area contributed by atoms with E-state index in [-0.39, 0.29) is 0 Å². The van der Waals surface area contributed by atoms with Gasteiger partial charge in [0.15, 0.2) is 0 Å². The smallest absolute Gasteiger partial charge is 0.123 e. The molecule has 0 unspecified atom stereocenters. The van der Waals surface area contributed by atoms with Crippen LogP contribution in [0.15, 0.2) is 30.5 Å². The van der Waals surface area contributed by atoms with Gasteiger partial charge in [-0.05, 0) is 26.1 Å². The fourth-order valence-electron chi connectivity index (χ4n) is 2.61. The second-order valence-electron chi connectivity index (χ2n) is 5.99. The second kappa shape index (κ2) is 6.26. The number of rotatable bonds is 5. The summed E-state index contributed by atoms with van der Waals surface area (Å²) >= 11 is 1.80. The van der Waals surface area contributed by atoms with E-state index < -0.39 is 0 Å². The van der Waals surface area contributed by atoms with Crippen LogP contribution in [0, 0.1) is 0 Å². The first kappa shape index (κ1) is 14.7. The van der Waals surface area contributed by atoms with Crippen LogP contribution in [-0.4, -0.2) is 48.0 Å². The van der Waals surface area contributed by atoms with Crippen LogP contribution in [0.4, 0.5) is 0 Å². The molecule has 2 aromatic rings. The van der Waals surface area contributed by atoms with E-state index in [9.17, 15) is 0 Å². The van der Waals surface area contributed by atoms with E-state index >= 15 is 0 Å². The molecule has 1 aromatic heterocycles. The van der Waals surface area contributed by atoms with E-state index in [2.05, 4.69) is 60.1 Å². The van der Waals surface area contributed by atoms with Crippen LogP contribution in [0.3, 0.4) is 0 Å². The minimum absolute atomic E-state index is 0.729. The van der Waals surface area contributed by atoms with Crippen molar-refractivity contribution in [1.82, 2.24) is 14.8 Å². The Hall–Kier alpha value is -1.23. The second-order valence-corrected chi connectivity index (χ2v) is 7.11. The molecule has 21 heavy (non-hydrogen) atoms. The lowest BCUT2D eigenvalue weighted by Crippen LogP contribution is -2.56. The van der Waals surface area contributed by atoms with Crippen molar-refractivity contribution in [3.63, 3.8) is 0 Å². The molecule has 1 aromatic carbocycles. The molecule has 0 aliphatic carbocycles. The summed E-state index contributed by atoms with van der Waals surface area (Å²) in [7, 11) is 4.32. The van der Waals surface area contributed by atoms with Gasteiger partial charge in [0.1, 0.15) is 5.01 Å². The summed E-state index contributed by atoms with van der Waals surface area (Å²) in [5, 5.41) is 1.13. The van der Waals surface area contributed by atoms with Crippen LogP contribution < -0.4 is 0 Å². The number of benzene rings is 1. The highest BCUT2D eigenvalue weighted by Crippen LogP contribution is 2.26. The summed E-state index contributed by atoms with van der Waals surface area (Å²) in [5.74, 6) is 0. The number of nitrogens with zero attached hydrogens (tertiary/aromatic N) is 3. The van der Waals surface area contributed by atoms with Crippen molar-refractivity contribution >= 4 is 11.3 Å². The number of likely N-dealkylation sites (N-methyl/N-ethyl adjacent to an activating group) is 1. The van der Waals surface area contributed by atoms with Crippen LogP contribution in [-0.2, 0) is 13.0 Å². The number of thiazole rings is 1. The first-order chi connectivity index (χ1) is 10.2. The van der Waals surface area contributed by atoms with Gasteiger partial charge in [-0.2, -0.15) is 0 Å². The zero-order chi connectivity index (χ0) is 14.8. The highest BCUT2D eigenvalue weighted by atomic mass is 32.1. The molecule has 4 heteroatoms. The van der Waals surface area contributed by atoms with Gasteiger partial charge in [0.2, 0.25) is 0 Å². The molecular weight excluding hydrogens is 278 g/mol. The number of likely N-dealkylation sites (tertiary alicyclic amines) is 1. The molecule has 0 amide bonds. The standard InChI is InChI=1S/C17H23N3S/c1-4-16-9-18-17(21-16)14-7-5-13(6-8-14)10-20-11-15(12-20)19(2)3/h5-9,15H,4,10-12H2,1-3H3. The monoisotopic (exact) mass is 301 g/mol. The normalized spacial score (nSPS) is 16.4. The highest BCUT2D eigenvalue weighted by molar-refractivity contribution is 7.15. The quantitative estimate of drug-likeness (QED) is 0.846. The molecule has 0 atom stereocenters. The Labute approximate surface area is 131 Å². The van der Waals surface area contributed by atoms with Gasteiger partial charge in [-0.3, -0.25) is 4.90 Å². The molecule has 0 bridgehead atoms. The Morgan fingerprint density at radius 3 is 2.52 bits per heavy atom. The summed E-state index contributed by atoms with van der Waals surface area (Å²) in [6, 6.07) is 9.62. The fourth-order valence-corrected chi connectivity index (χ4v) is 3.47. The Morgan fingerprint density at radius 1 is 1.24 bits per heavy atom. The molecule has 3 nitrogen and oxygen atoms in total. The molecular formula is C17H23N3S. The van der Waals surface area contributed by atoms with Gasteiger partial charge in [-0.15, -0.1) is 11.3 Å². The van der Waals surface area contributed by atoms with Gasteiger partial charge >= 0.3 is 0 Å². The average Bonchev–Trinajstić information content (AvgIpc) is 2.91. The largest absolute Gasteiger partial charge is 0.304 e. The van der Waals surface area contributed by atoms with Crippen molar-refractivity contribution in [3.05, 3.63) is 40.9 Å². The predicted octanol–water partition coefficient (Wildman–Crippen LogP) is 3.12. The Balaban J connectivity index is 1.60. The molecule has 1 saturated heterocycles. The van der Waals surface area contributed by atoms with Gasteiger partial charge in [0, 0.05) is 42.3 Å². The van der Waals surface area contributed by atoms with E-state index in [1.807, 2.05) is 6.20 Å². The third-order valence-electron chi connectivity index (χ3n) is 4.18. The summed E-state index contributed by atoms with van der Waals surface area (Å²) < 4.78 is 0. The summed E-state index contributed by atoms with van der Waals surface area (Å²) in [5.41, 5.74) is 2.63.